The predicted molar refractivity (Wildman–Crippen MR) is 142 cm³/mol. The van der Waals surface area contributed by atoms with Crippen LogP contribution in [0.3, 0.4) is 0 Å². The monoisotopic (exact) mass is 570 g/mol. The second kappa shape index (κ2) is 10.8. The Labute approximate surface area is 229 Å². The molecule has 0 saturated carbocycles. The van der Waals surface area contributed by atoms with Crippen LogP contribution in [-0.2, 0) is 4.79 Å². The molecule has 1 N–H and O–H groups in total. The fraction of sp³-hybridized carbons (Fsp3) is 0.200. The van der Waals surface area contributed by atoms with Gasteiger partial charge in [0.2, 0.25) is 5.91 Å². The lowest BCUT2D eigenvalue weighted by Gasteiger charge is -2.13. The molecule has 1 aliphatic heterocycles. The Kier molecular flexibility index (Phi) is 7.30. The smallest absolute Gasteiger partial charge is 0.406 e. The summed E-state index contributed by atoms with van der Waals surface area (Å²) in [4.78, 5) is 34.7. The van der Waals surface area contributed by atoms with Crippen LogP contribution in [0.5, 0.6) is 5.75 Å². The Balaban J connectivity index is 1.24. The lowest BCUT2D eigenvalue weighted by molar-refractivity contribution is -0.274. The first-order valence-electron chi connectivity index (χ1n) is 11.8. The van der Waals surface area contributed by atoms with E-state index in [1.165, 1.54) is 40.2 Å². The number of amidine groups is 1. The van der Waals surface area contributed by atoms with Crippen LogP contribution in [-0.4, -0.2) is 53.8 Å². The fourth-order valence-corrected chi connectivity index (χ4v) is 4.52. The van der Waals surface area contributed by atoms with Crippen molar-refractivity contribution in [2.24, 2.45) is 4.99 Å². The Hall–Kier alpha value is -4.66. The summed E-state index contributed by atoms with van der Waals surface area (Å²) < 4.78 is 44.1. The second-order valence-corrected chi connectivity index (χ2v) is 9.66. The van der Waals surface area contributed by atoms with Gasteiger partial charge < -0.3 is 10.1 Å². The summed E-state index contributed by atoms with van der Waals surface area (Å²) in [6.45, 7) is 3.93. The van der Waals surface area contributed by atoms with Gasteiger partial charge in [-0.3, -0.25) is 9.48 Å². The average molecular weight is 571 g/mol. The highest BCUT2D eigenvalue weighted by atomic mass is 32.2. The lowest BCUT2D eigenvalue weighted by Crippen LogP contribution is -2.30. The van der Waals surface area contributed by atoms with Crippen molar-refractivity contribution in [3.05, 3.63) is 67.1 Å². The number of ether oxygens (including phenoxy) is 1. The van der Waals surface area contributed by atoms with Crippen molar-refractivity contribution < 1.29 is 27.5 Å². The van der Waals surface area contributed by atoms with Gasteiger partial charge in [-0.25, -0.2) is 19.4 Å². The number of carbonyl (C=O) groups excluding carboxylic acids is 2. The number of aliphatic imine (C=N–C) groups is 1. The molecule has 5 rings (SSSR count). The second-order valence-electron chi connectivity index (χ2n) is 8.72. The number of carbonyl (C=O) groups is 2. The summed E-state index contributed by atoms with van der Waals surface area (Å²) in [7, 11) is 0. The summed E-state index contributed by atoms with van der Waals surface area (Å²) in [5.74, 6) is 0.364. The zero-order valence-electron chi connectivity index (χ0n) is 21.0. The third kappa shape index (κ3) is 6.14. The van der Waals surface area contributed by atoms with Gasteiger partial charge in [-0.2, -0.15) is 10.1 Å². The number of nitrogens with zero attached hydrogens (tertiary/aromatic N) is 7. The number of hydrogen-bond acceptors (Lipinski definition) is 7. The molecule has 1 aliphatic rings. The summed E-state index contributed by atoms with van der Waals surface area (Å²) >= 11 is 1.15. The summed E-state index contributed by atoms with van der Waals surface area (Å²) in [6.07, 6.45) is -1.58. The number of urea groups is 1. The minimum absolute atomic E-state index is 0.114. The van der Waals surface area contributed by atoms with Crippen molar-refractivity contribution in [2.45, 2.75) is 26.3 Å². The Morgan fingerprint density at radius 2 is 1.80 bits per heavy atom. The van der Waals surface area contributed by atoms with Crippen molar-refractivity contribution in [1.29, 1.82) is 0 Å². The topological polar surface area (TPSA) is 120 Å². The fourth-order valence-electron chi connectivity index (χ4n) is 3.67. The van der Waals surface area contributed by atoms with Crippen molar-refractivity contribution in [3.63, 3.8) is 0 Å². The van der Waals surface area contributed by atoms with E-state index < -0.39 is 12.4 Å². The van der Waals surface area contributed by atoms with E-state index in [0.29, 0.717) is 28.6 Å². The summed E-state index contributed by atoms with van der Waals surface area (Å²) in [6, 6.07) is 13.1. The van der Waals surface area contributed by atoms with Crippen LogP contribution < -0.4 is 15.0 Å². The lowest BCUT2D eigenvalue weighted by atomic mass is 10.2. The van der Waals surface area contributed by atoms with E-state index in [1.807, 2.05) is 13.8 Å². The van der Waals surface area contributed by atoms with Crippen LogP contribution in [0, 0.1) is 0 Å². The normalized spacial score (nSPS) is 14.8. The molecule has 40 heavy (non-hydrogen) atoms. The van der Waals surface area contributed by atoms with E-state index in [1.54, 1.807) is 41.2 Å². The first-order valence-corrected chi connectivity index (χ1v) is 12.8. The van der Waals surface area contributed by atoms with Gasteiger partial charge in [-0.1, -0.05) is 11.8 Å². The van der Waals surface area contributed by atoms with E-state index in [9.17, 15) is 22.8 Å². The zero-order valence-corrected chi connectivity index (χ0v) is 21.8. The van der Waals surface area contributed by atoms with Crippen molar-refractivity contribution in [1.82, 2.24) is 24.5 Å². The number of rotatable bonds is 6. The molecule has 4 aromatic rings. The van der Waals surface area contributed by atoms with Crippen molar-refractivity contribution >= 4 is 40.4 Å². The van der Waals surface area contributed by atoms with Gasteiger partial charge in [0.05, 0.1) is 11.4 Å². The highest BCUT2D eigenvalue weighted by Crippen LogP contribution is 2.27. The molecular weight excluding hydrogens is 549 g/mol. The largest absolute Gasteiger partial charge is 0.573 e. The van der Waals surface area contributed by atoms with Crippen LogP contribution in [0.15, 0.2) is 72.1 Å². The number of alkyl halides is 3. The number of aromatic nitrogens is 5. The molecule has 2 aromatic heterocycles. The highest BCUT2D eigenvalue weighted by Gasteiger charge is 2.32. The minimum atomic E-state index is -4.77. The van der Waals surface area contributed by atoms with Crippen LogP contribution in [0.2, 0.25) is 0 Å². The Bertz CT molecular complexity index is 1560. The quantitative estimate of drug-likeness (QED) is 0.335. The van der Waals surface area contributed by atoms with Gasteiger partial charge >= 0.3 is 12.4 Å². The zero-order chi connectivity index (χ0) is 28.4. The van der Waals surface area contributed by atoms with Gasteiger partial charge in [-0.05, 0) is 62.4 Å². The standard InChI is InChI=1S/C25H21F3N8O3S/c1-15(2)34-12-11-20(32-34)36-21(37)13-40-24(36)31-23(38)30-17-5-3-16(4-6-17)22-29-14-35(33-22)18-7-9-19(10-8-18)39-25(26,27)28/h3-12,14-15H,13H2,1-2H3,(H,30,38)/b31-24-. The van der Waals surface area contributed by atoms with E-state index in [0.717, 1.165) is 11.8 Å². The molecule has 0 unspecified atom stereocenters. The molecule has 0 atom stereocenters. The number of nitrogens with one attached hydrogen (secondary N) is 1. The van der Waals surface area contributed by atoms with Gasteiger partial charge in [0.15, 0.2) is 16.8 Å². The molecule has 1 fully saturated rings. The highest BCUT2D eigenvalue weighted by molar-refractivity contribution is 8.15. The Morgan fingerprint density at radius 1 is 1.07 bits per heavy atom. The molecule has 15 heteroatoms. The molecule has 0 aliphatic carbocycles. The van der Waals surface area contributed by atoms with E-state index >= 15 is 0 Å². The average Bonchev–Trinajstić information content (AvgIpc) is 3.64. The van der Waals surface area contributed by atoms with Gasteiger partial charge in [-0.15, -0.1) is 18.3 Å². The van der Waals surface area contributed by atoms with Crippen LogP contribution >= 0.6 is 11.8 Å². The maximum absolute atomic E-state index is 12.6. The predicted octanol–water partition coefficient (Wildman–Crippen LogP) is 5.28. The van der Waals surface area contributed by atoms with Crippen LogP contribution in [0.1, 0.15) is 19.9 Å². The molecule has 1 saturated heterocycles. The molecule has 0 bridgehead atoms. The molecule has 2 aromatic carbocycles. The van der Waals surface area contributed by atoms with Crippen LogP contribution in [0.4, 0.5) is 29.5 Å². The third-order valence-corrected chi connectivity index (χ3v) is 6.46. The summed E-state index contributed by atoms with van der Waals surface area (Å²) in [5.41, 5.74) is 1.59. The molecule has 3 heterocycles. The maximum atomic E-state index is 12.6. The third-order valence-electron chi connectivity index (χ3n) is 5.54. The molecule has 11 nitrogen and oxygen atoms in total. The van der Waals surface area contributed by atoms with Crippen molar-refractivity contribution in [3.8, 4) is 22.8 Å². The number of hydrogen-bond donors (Lipinski definition) is 1. The van der Waals surface area contributed by atoms with Gasteiger partial charge in [0, 0.05) is 29.6 Å². The number of anilines is 2. The number of benzene rings is 2. The molecular formula is C25H21F3N8O3S. The Morgan fingerprint density at radius 3 is 2.45 bits per heavy atom. The number of halogens is 3. The van der Waals surface area contributed by atoms with E-state index in [4.69, 9.17) is 0 Å². The number of amides is 3. The number of thioether (sulfide) groups is 1. The van der Waals surface area contributed by atoms with E-state index in [2.05, 4.69) is 30.2 Å². The first-order chi connectivity index (χ1) is 19.1. The van der Waals surface area contributed by atoms with Gasteiger partial charge in [0.1, 0.15) is 12.1 Å². The SMILES string of the molecule is CC(C)n1ccc(N2C(=O)CS/C2=N\C(=O)Nc2ccc(-c3ncn(-c4ccc(OC(F)(F)F)cc4)n3)cc2)n1. The first kappa shape index (κ1) is 26.9. The van der Waals surface area contributed by atoms with Crippen LogP contribution in [0.25, 0.3) is 17.1 Å². The molecule has 0 radical (unpaired) electrons. The van der Waals surface area contributed by atoms with E-state index in [-0.39, 0.29) is 28.6 Å². The van der Waals surface area contributed by atoms with Gasteiger partial charge in [0.25, 0.3) is 0 Å². The van der Waals surface area contributed by atoms with Crippen molar-refractivity contribution in [2.75, 3.05) is 16.0 Å². The molecule has 0 spiro atoms. The molecule has 3 amide bonds. The molecule has 206 valence electrons. The minimum Gasteiger partial charge on any atom is -0.406 e. The summed E-state index contributed by atoms with van der Waals surface area (Å²) in [5, 5.41) is 11.7. The maximum Gasteiger partial charge on any atom is 0.573 e.